The molecule has 2 aromatic rings. The number of pyridine rings is 1. The Balaban J connectivity index is 2.11. The van der Waals surface area contributed by atoms with Crippen LogP contribution in [0, 0.1) is 0 Å². The number of nitrogens with one attached hydrogen (secondary N) is 2. The van der Waals surface area contributed by atoms with Gasteiger partial charge in [-0.3, -0.25) is 9.78 Å². The molecule has 0 aliphatic carbocycles. The molecule has 0 saturated heterocycles. The molecular weight excluding hydrogens is 290 g/mol. The number of nitrogens with zero attached hydrogens (tertiary/aromatic N) is 3. The van der Waals surface area contributed by atoms with Crippen LogP contribution in [0.4, 0.5) is 0 Å². The Morgan fingerprint density at radius 3 is 2.74 bits per heavy atom. The van der Waals surface area contributed by atoms with Crippen molar-refractivity contribution in [3.05, 3.63) is 42.2 Å². The van der Waals surface area contributed by atoms with Gasteiger partial charge >= 0.3 is 0 Å². The SMILES string of the molecule is CCNC(=NCc1nccc2ccccc12)NCC(=O)N(C)C. The van der Waals surface area contributed by atoms with E-state index < -0.39 is 0 Å². The van der Waals surface area contributed by atoms with Crippen LogP contribution in [0.25, 0.3) is 10.8 Å². The van der Waals surface area contributed by atoms with Crippen LogP contribution in [-0.2, 0) is 11.3 Å². The van der Waals surface area contributed by atoms with Crippen molar-refractivity contribution in [1.82, 2.24) is 20.5 Å². The van der Waals surface area contributed by atoms with E-state index in [-0.39, 0.29) is 12.5 Å². The maximum atomic E-state index is 11.7. The number of fused-ring (bicyclic) bond motifs is 1. The van der Waals surface area contributed by atoms with Crippen LogP contribution in [0.1, 0.15) is 12.6 Å². The monoisotopic (exact) mass is 313 g/mol. The average molecular weight is 313 g/mol. The molecule has 0 aliphatic heterocycles. The van der Waals surface area contributed by atoms with E-state index in [0.717, 1.165) is 23.0 Å². The van der Waals surface area contributed by atoms with Crippen molar-refractivity contribution in [3.63, 3.8) is 0 Å². The quantitative estimate of drug-likeness (QED) is 0.646. The van der Waals surface area contributed by atoms with Crippen molar-refractivity contribution in [1.29, 1.82) is 0 Å². The Bertz CT molecular complexity index is 691. The lowest BCUT2D eigenvalue weighted by Crippen LogP contribution is -2.42. The molecule has 122 valence electrons. The number of hydrogen-bond donors (Lipinski definition) is 2. The van der Waals surface area contributed by atoms with E-state index in [2.05, 4.69) is 26.7 Å². The van der Waals surface area contributed by atoms with Gasteiger partial charge in [0.15, 0.2) is 5.96 Å². The Morgan fingerprint density at radius 1 is 1.22 bits per heavy atom. The maximum absolute atomic E-state index is 11.7. The minimum Gasteiger partial charge on any atom is -0.357 e. The third-order valence-electron chi connectivity index (χ3n) is 3.39. The van der Waals surface area contributed by atoms with Gasteiger partial charge in [-0.15, -0.1) is 0 Å². The molecule has 0 aliphatic rings. The topological polar surface area (TPSA) is 69.6 Å². The van der Waals surface area contributed by atoms with Gasteiger partial charge < -0.3 is 15.5 Å². The Hall–Kier alpha value is -2.63. The molecule has 0 saturated carbocycles. The lowest BCUT2D eigenvalue weighted by molar-refractivity contribution is -0.127. The van der Waals surface area contributed by atoms with Crippen molar-refractivity contribution in [2.24, 2.45) is 4.99 Å². The second-order valence-electron chi connectivity index (χ2n) is 5.32. The van der Waals surface area contributed by atoms with Crippen LogP contribution in [0.2, 0.25) is 0 Å². The van der Waals surface area contributed by atoms with Crippen molar-refractivity contribution < 1.29 is 4.79 Å². The molecule has 23 heavy (non-hydrogen) atoms. The van der Waals surface area contributed by atoms with Gasteiger partial charge in [0, 0.05) is 32.2 Å². The number of hydrogen-bond acceptors (Lipinski definition) is 3. The van der Waals surface area contributed by atoms with Crippen LogP contribution in [0.5, 0.6) is 0 Å². The van der Waals surface area contributed by atoms with E-state index in [4.69, 9.17) is 0 Å². The number of guanidine groups is 1. The van der Waals surface area contributed by atoms with Crippen molar-refractivity contribution in [3.8, 4) is 0 Å². The van der Waals surface area contributed by atoms with E-state index in [1.165, 1.54) is 0 Å². The first-order valence-corrected chi connectivity index (χ1v) is 7.66. The summed E-state index contributed by atoms with van der Waals surface area (Å²) in [7, 11) is 3.46. The maximum Gasteiger partial charge on any atom is 0.241 e. The number of carbonyl (C=O) groups is 1. The second-order valence-corrected chi connectivity index (χ2v) is 5.32. The van der Waals surface area contributed by atoms with Crippen molar-refractivity contribution >= 4 is 22.6 Å². The summed E-state index contributed by atoms with van der Waals surface area (Å²) in [6, 6.07) is 10.1. The highest BCUT2D eigenvalue weighted by Crippen LogP contribution is 2.16. The smallest absolute Gasteiger partial charge is 0.241 e. The van der Waals surface area contributed by atoms with E-state index in [1.54, 1.807) is 25.2 Å². The van der Waals surface area contributed by atoms with Gasteiger partial charge in [0.2, 0.25) is 5.91 Å². The molecule has 0 bridgehead atoms. The molecule has 0 unspecified atom stereocenters. The highest BCUT2D eigenvalue weighted by atomic mass is 16.2. The lowest BCUT2D eigenvalue weighted by atomic mass is 10.1. The third-order valence-corrected chi connectivity index (χ3v) is 3.39. The molecule has 0 atom stereocenters. The summed E-state index contributed by atoms with van der Waals surface area (Å²) < 4.78 is 0. The molecule has 1 amide bonds. The predicted molar refractivity (Wildman–Crippen MR) is 93.3 cm³/mol. The molecule has 6 heteroatoms. The number of amides is 1. The number of aliphatic imine (C=N–C) groups is 1. The zero-order valence-corrected chi connectivity index (χ0v) is 13.8. The first-order valence-electron chi connectivity index (χ1n) is 7.66. The molecule has 0 spiro atoms. The van der Waals surface area contributed by atoms with Gasteiger partial charge in [-0.1, -0.05) is 24.3 Å². The first kappa shape index (κ1) is 16.7. The summed E-state index contributed by atoms with van der Waals surface area (Å²) in [5, 5.41) is 8.42. The first-order chi connectivity index (χ1) is 11.1. The lowest BCUT2D eigenvalue weighted by Gasteiger charge is -2.14. The summed E-state index contributed by atoms with van der Waals surface area (Å²) in [4.78, 5) is 22.2. The molecule has 6 nitrogen and oxygen atoms in total. The van der Waals surface area contributed by atoms with Gasteiger partial charge in [0.25, 0.3) is 0 Å². The molecule has 1 heterocycles. The number of benzene rings is 1. The van der Waals surface area contributed by atoms with Gasteiger partial charge in [-0.25, -0.2) is 4.99 Å². The fraction of sp³-hybridized carbons (Fsp3) is 0.353. The highest BCUT2D eigenvalue weighted by Gasteiger charge is 2.06. The second kappa shape index (κ2) is 8.12. The third kappa shape index (κ3) is 4.67. The largest absolute Gasteiger partial charge is 0.357 e. The van der Waals surface area contributed by atoms with Crippen LogP contribution in [-0.4, -0.2) is 48.9 Å². The fourth-order valence-corrected chi connectivity index (χ4v) is 2.12. The summed E-state index contributed by atoms with van der Waals surface area (Å²) in [5.41, 5.74) is 0.916. The van der Waals surface area contributed by atoms with E-state index in [9.17, 15) is 4.79 Å². The van der Waals surface area contributed by atoms with Crippen molar-refractivity contribution in [2.75, 3.05) is 27.2 Å². The summed E-state index contributed by atoms with van der Waals surface area (Å²) >= 11 is 0. The Morgan fingerprint density at radius 2 is 2.00 bits per heavy atom. The minimum absolute atomic E-state index is 0.00103. The van der Waals surface area contributed by atoms with Crippen LogP contribution in [0.3, 0.4) is 0 Å². The Kier molecular flexibility index (Phi) is 5.91. The van der Waals surface area contributed by atoms with E-state index in [1.807, 2.05) is 31.2 Å². The summed E-state index contributed by atoms with van der Waals surface area (Å²) in [6.45, 7) is 3.38. The average Bonchev–Trinajstić information content (AvgIpc) is 2.56. The van der Waals surface area contributed by atoms with Gasteiger partial charge in [0.05, 0.1) is 18.8 Å². The molecule has 1 aromatic carbocycles. The normalized spacial score (nSPS) is 11.3. The molecular formula is C17H23N5O. The fourth-order valence-electron chi connectivity index (χ4n) is 2.12. The molecule has 0 fully saturated rings. The van der Waals surface area contributed by atoms with Gasteiger partial charge in [-0.05, 0) is 18.4 Å². The van der Waals surface area contributed by atoms with E-state index >= 15 is 0 Å². The zero-order valence-electron chi connectivity index (χ0n) is 13.8. The molecule has 1 aromatic heterocycles. The van der Waals surface area contributed by atoms with Crippen molar-refractivity contribution in [2.45, 2.75) is 13.5 Å². The van der Waals surface area contributed by atoms with Crippen LogP contribution in [0.15, 0.2) is 41.5 Å². The van der Waals surface area contributed by atoms with Crippen LogP contribution >= 0.6 is 0 Å². The molecule has 2 rings (SSSR count). The number of aromatic nitrogens is 1. The summed E-state index contributed by atoms with van der Waals surface area (Å²) in [6.07, 6.45) is 1.79. The van der Waals surface area contributed by atoms with Gasteiger partial charge in [0.1, 0.15) is 0 Å². The zero-order chi connectivity index (χ0) is 16.7. The Labute approximate surface area is 136 Å². The standard InChI is InChI=1S/C17H23N5O/c1-4-18-17(21-12-16(23)22(2)3)20-11-15-14-8-6-5-7-13(14)9-10-19-15/h5-10H,4,11-12H2,1-3H3,(H2,18,20,21). The van der Waals surface area contributed by atoms with E-state index in [0.29, 0.717) is 12.5 Å². The highest BCUT2D eigenvalue weighted by molar-refractivity contribution is 5.87. The number of carbonyl (C=O) groups excluding carboxylic acids is 1. The molecule has 2 N–H and O–H groups in total. The van der Waals surface area contributed by atoms with Gasteiger partial charge in [-0.2, -0.15) is 0 Å². The molecule has 0 radical (unpaired) electrons. The minimum atomic E-state index is -0.00103. The number of rotatable bonds is 5. The summed E-state index contributed by atoms with van der Waals surface area (Å²) in [5.74, 6) is 0.608. The predicted octanol–water partition coefficient (Wildman–Crippen LogP) is 1.38. The number of likely N-dealkylation sites (N-methyl/N-ethyl adjacent to an activating group) is 1. The van der Waals surface area contributed by atoms with Crippen LogP contribution < -0.4 is 10.6 Å².